The molecule has 1 aliphatic heterocycles. The van der Waals surface area contributed by atoms with Crippen LogP contribution in [0.3, 0.4) is 0 Å². The lowest BCUT2D eigenvalue weighted by Crippen LogP contribution is -2.54. The number of barbiturate groups is 1. The Morgan fingerprint density at radius 2 is 1.58 bits per heavy atom. The Bertz CT molecular complexity index is 1320. The van der Waals surface area contributed by atoms with Crippen LogP contribution in [-0.4, -0.2) is 24.5 Å². The molecular weight excluding hydrogens is 524 g/mol. The van der Waals surface area contributed by atoms with Gasteiger partial charge in [0.25, 0.3) is 11.8 Å². The summed E-state index contributed by atoms with van der Waals surface area (Å²) in [6, 6.07) is 19.4. The minimum absolute atomic E-state index is 0.171. The fourth-order valence-electron chi connectivity index (χ4n) is 3.71. The molecule has 8 heteroatoms. The smallest absolute Gasteiger partial charge is 0.335 e. The van der Waals surface area contributed by atoms with Gasteiger partial charge in [-0.3, -0.25) is 14.9 Å². The minimum atomic E-state index is -0.787. The molecule has 1 saturated heterocycles. The van der Waals surface area contributed by atoms with E-state index in [0.717, 1.165) is 22.4 Å². The van der Waals surface area contributed by atoms with E-state index in [-0.39, 0.29) is 5.57 Å². The van der Waals surface area contributed by atoms with Crippen molar-refractivity contribution in [2.75, 3.05) is 11.5 Å². The Balaban J connectivity index is 1.65. The number of nitrogens with zero attached hydrogens (tertiary/aromatic N) is 1. The van der Waals surface area contributed by atoms with Gasteiger partial charge in [-0.05, 0) is 60.4 Å². The van der Waals surface area contributed by atoms with Crippen LogP contribution in [0.15, 0.2) is 76.8 Å². The molecule has 7 nitrogen and oxygen atoms in total. The summed E-state index contributed by atoms with van der Waals surface area (Å²) in [5.74, 6) is -0.486. The number of urea groups is 1. The third-order valence-electron chi connectivity index (χ3n) is 5.60. The number of amides is 4. The average Bonchev–Trinajstić information content (AvgIpc) is 2.88. The number of carbonyl (C=O) groups is 3. The number of rotatable bonds is 8. The van der Waals surface area contributed by atoms with Crippen molar-refractivity contribution in [2.45, 2.75) is 26.9 Å². The van der Waals surface area contributed by atoms with E-state index in [1.165, 1.54) is 6.08 Å². The van der Waals surface area contributed by atoms with E-state index < -0.39 is 17.8 Å². The highest BCUT2D eigenvalue weighted by Crippen LogP contribution is 2.36. The molecule has 1 heterocycles. The van der Waals surface area contributed by atoms with Gasteiger partial charge in [-0.15, -0.1) is 0 Å². The monoisotopic (exact) mass is 548 g/mol. The molecule has 1 aliphatic rings. The Morgan fingerprint density at radius 3 is 2.25 bits per heavy atom. The van der Waals surface area contributed by atoms with Crippen LogP contribution in [0.1, 0.15) is 30.5 Å². The van der Waals surface area contributed by atoms with Crippen LogP contribution >= 0.6 is 15.9 Å². The standard InChI is InChI=1S/C28H25BrN2O5/c1-3-18-10-12-21(13-11-18)31-27(33)22(26(32)30-28(31)34)14-20-15-24(35-4-2)25(16-23(20)29)36-17-19-8-6-5-7-9-19/h5-16H,3-4,17H2,1-2H3,(H,30,32,34)/b22-14-. The third-order valence-corrected chi connectivity index (χ3v) is 6.29. The van der Waals surface area contributed by atoms with Gasteiger partial charge in [0.2, 0.25) is 0 Å². The number of nitrogens with one attached hydrogen (secondary N) is 1. The number of carbonyl (C=O) groups excluding carboxylic acids is 3. The quantitative estimate of drug-likeness (QED) is 0.290. The molecule has 3 aromatic carbocycles. The molecule has 184 valence electrons. The van der Waals surface area contributed by atoms with Crippen molar-refractivity contribution in [3.05, 3.63) is 93.5 Å². The molecule has 1 N–H and O–H groups in total. The molecule has 36 heavy (non-hydrogen) atoms. The summed E-state index contributed by atoms with van der Waals surface area (Å²) < 4.78 is 12.3. The molecule has 0 saturated carbocycles. The fourth-order valence-corrected chi connectivity index (χ4v) is 4.14. The Morgan fingerprint density at radius 1 is 0.889 bits per heavy atom. The van der Waals surface area contributed by atoms with Gasteiger partial charge in [0, 0.05) is 4.47 Å². The molecule has 0 atom stereocenters. The zero-order valence-corrected chi connectivity index (χ0v) is 21.5. The van der Waals surface area contributed by atoms with Crippen molar-refractivity contribution >= 4 is 45.5 Å². The van der Waals surface area contributed by atoms with E-state index >= 15 is 0 Å². The number of anilines is 1. The number of halogens is 1. The molecule has 0 unspecified atom stereocenters. The molecule has 0 spiro atoms. The summed E-state index contributed by atoms with van der Waals surface area (Å²) in [5.41, 5.74) is 2.81. The molecule has 3 aromatic rings. The van der Waals surface area contributed by atoms with Gasteiger partial charge in [0.1, 0.15) is 12.2 Å². The van der Waals surface area contributed by atoms with Crippen molar-refractivity contribution in [3.63, 3.8) is 0 Å². The first-order valence-corrected chi connectivity index (χ1v) is 12.3. The lowest BCUT2D eigenvalue weighted by atomic mass is 10.1. The topological polar surface area (TPSA) is 84.9 Å². The Labute approximate surface area is 217 Å². The average molecular weight is 549 g/mol. The van der Waals surface area contributed by atoms with E-state index in [4.69, 9.17) is 9.47 Å². The lowest BCUT2D eigenvalue weighted by Gasteiger charge is -2.26. The molecule has 0 aliphatic carbocycles. The van der Waals surface area contributed by atoms with Crippen LogP contribution < -0.4 is 19.7 Å². The largest absolute Gasteiger partial charge is 0.490 e. The van der Waals surface area contributed by atoms with Crippen molar-refractivity contribution < 1.29 is 23.9 Å². The van der Waals surface area contributed by atoms with Gasteiger partial charge in [0.05, 0.1) is 12.3 Å². The first-order valence-electron chi connectivity index (χ1n) is 11.5. The summed E-state index contributed by atoms with van der Waals surface area (Å²) in [4.78, 5) is 39.4. The van der Waals surface area contributed by atoms with E-state index in [9.17, 15) is 14.4 Å². The van der Waals surface area contributed by atoms with Crippen LogP contribution in [0, 0.1) is 0 Å². The fraction of sp³-hybridized carbons (Fsp3) is 0.179. The SMILES string of the molecule is CCOc1cc(/C=C2/C(=O)NC(=O)N(c3ccc(CC)cc3)C2=O)c(Br)cc1OCc1ccccc1. The molecule has 0 aromatic heterocycles. The van der Waals surface area contributed by atoms with Crippen molar-refractivity contribution in [3.8, 4) is 11.5 Å². The van der Waals surface area contributed by atoms with Gasteiger partial charge in [-0.1, -0.05) is 65.3 Å². The highest BCUT2D eigenvalue weighted by molar-refractivity contribution is 9.10. The second-order valence-electron chi connectivity index (χ2n) is 8.01. The summed E-state index contributed by atoms with van der Waals surface area (Å²) in [6.07, 6.45) is 2.26. The predicted molar refractivity (Wildman–Crippen MR) is 141 cm³/mol. The van der Waals surface area contributed by atoms with Gasteiger partial charge in [0.15, 0.2) is 11.5 Å². The molecule has 0 radical (unpaired) electrons. The number of imide groups is 2. The normalized spacial score (nSPS) is 14.7. The van der Waals surface area contributed by atoms with Gasteiger partial charge in [-0.25, -0.2) is 9.69 Å². The minimum Gasteiger partial charge on any atom is -0.490 e. The Kier molecular flexibility index (Phi) is 7.85. The maximum absolute atomic E-state index is 13.3. The van der Waals surface area contributed by atoms with Crippen LogP contribution in [0.2, 0.25) is 0 Å². The maximum Gasteiger partial charge on any atom is 0.335 e. The predicted octanol–water partition coefficient (Wildman–Crippen LogP) is 5.66. The molecule has 4 rings (SSSR count). The number of ether oxygens (including phenoxy) is 2. The van der Waals surface area contributed by atoms with E-state index in [0.29, 0.717) is 40.4 Å². The first kappa shape index (κ1) is 25.2. The summed E-state index contributed by atoms with van der Waals surface area (Å²) in [5, 5.41) is 2.25. The number of hydrogen-bond acceptors (Lipinski definition) is 5. The highest BCUT2D eigenvalue weighted by Gasteiger charge is 2.37. The molecule has 4 amide bonds. The maximum atomic E-state index is 13.3. The zero-order valence-electron chi connectivity index (χ0n) is 19.9. The second-order valence-corrected chi connectivity index (χ2v) is 8.86. The molecule has 0 bridgehead atoms. The van der Waals surface area contributed by atoms with Crippen molar-refractivity contribution in [1.29, 1.82) is 0 Å². The van der Waals surface area contributed by atoms with Gasteiger partial charge in [-0.2, -0.15) is 0 Å². The molecule has 1 fully saturated rings. The van der Waals surface area contributed by atoms with E-state index in [1.54, 1.807) is 24.3 Å². The molecular formula is C28H25BrN2O5. The van der Waals surface area contributed by atoms with Crippen molar-refractivity contribution in [2.24, 2.45) is 0 Å². The van der Waals surface area contributed by atoms with Crippen LogP contribution in [-0.2, 0) is 22.6 Å². The van der Waals surface area contributed by atoms with Crippen LogP contribution in [0.4, 0.5) is 10.5 Å². The van der Waals surface area contributed by atoms with E-state index in [2.05, 4.69) is 21.2 Å². The highest BCUT2D eigenvalue weighted by atomic mass is 79.9. The summed E-state index contributed by atoms with van der Waals surface area (Å²) in [7, 11) is 0. The summed E-state index contributed by atoms with van der Waals surface area (Å²) >= 11 is 3.51. The Hall–Kier alpha value is -3.91. The number of aryl methyl sites for hydroxylation is 1. The van der Waals surface area contributed by atoms with Gasteiger partial charge >= 0.3 is 6.03 Å². The number of benzene rings is 3. The van der Waals surface area contributed by atoms with Crippen LogP contribution in [0.5, 0.6) is 11.5 Å². The van der Waals surface area contributed by atoms with Crippen molar-refractivity contribution in [1.82, 2.24) is 5.32 Å². The number of hydrogen-bond donors (Lipinski definition) is 1. The van der Waals surface area contributed by atoms with E-state index in [1.807, 2.05) is 56.3 Å². The van der Waals surface area contributed by atoms with Gasteiger partial charge < -0.3 is 9.47 Å². The lowest BCUT2D eigenvalue weighted by molar-refractivity contribution is -0.122. The first-order chi connectivity index (χ1) is 17.4. The second kappa shape index (κ2) is 11.2. The van der Waals surface area contributed by atoms with Crippen LogP contribution in [0.25, 0.3) is 6.08 Å². The zero-order chi connectivity index (χ0) is 25.7. The summed E-state index contributed by atoms with van der Waals surface area (Å²) in [6.45, 7) is 4.61. The third kappa shape index (κ3) is 5.49.